The van der Waals surface area contributed by atoms with Gasteiger partial charge in [0.05, 0.1) is 5.02 Å². The van der Waals surface area contributed by atoms with Gasteiger partial charge in [0, 0.05) is 45.0 Å². The van der Waals surface area contributed by atoms with E-state index in [1.54, 1.807) is 19.1 Å². The van der Waals surface area contributed by atoms with Gasteiger partial charge in [-0.15, -0.1) is 0 Å². The highest BCUT2D eigenvalue weighted by atomic mass is 35.5. The first-order valence-corrected chi connectivity index (χ1v) is 10.0. The molecule has 0 saturated carbocycles. The summed E-state index contributed by atoms with van der Waals surface area (Å²) in [5.41, 5.74) is 0. The number of amides is 1. The molecule has 1 amide bonds. The van der Waals surface area contributed by atoms with Gasteiger partial charge in [-0.2, -0.15) is 0 Å². The van der Waals surface area contributed by atoms with Crippen LogP contribution in [0.2, 0.25) is 5.02 Å². The van der Waals surface area contributed by atoms with E-state index >= 15 is 0 Å². The third kappa shape index (κ3) is 5.59. The predicted octanol–water partition coefficient (Wildman–Crippen LogP) is 2.83. The summed E-state index contributed by atoms with van der Waals surface area (Å²) in [4.78, 5) is 21.5. The van der Waals surface area contributed by atoms with Crippen LogP contribution in [0.3, 0.4) is 0 Å². The summed E-state index contributed by atoms with van der Waals surface area (Å²) in [6.45, 7) is 8.32. The quantitative estimate of drug-likeness (QED) is 0.771. The van der Waals surface area contributed by atoms with Crippen molar-refractivity contribution >= 4 is 23.3 Å². The zero-order valence-electron chi connectivity index (χ0n) is 16.3. The number of carbonyl (C=O) groups is 1. The van der Waals surface area contributed by atoms with E-state index in [0.29, 0.717) is 10.8 Å². The third-order valence-electron chi connectivity index (χ3n) is 4.78. The highest BCUT2D eigenvalue weighted by Crippen LogP contribution is 2.24. The van der Waals surface area contributed by atoms with Gasteiger partial charge >= 0.3 is 0 Å². The minimum absolute atomic E-state index is 0.0335. The van der Waals surface area contributed by atoms with Crippen LogP contribution in [0.15, 0.2) is 48.7 Å². The van der Waals surface area contributed by atoms with Gasteiger partial charge in [0.2, 0.25) is 0 Å². The number of hydrogen-bond acceptors (Lipinski definition) is 5. The van der Waals surface area contributed by atoms with Crippen LogP contribution in [0.25, 0.3) is 0 Å². The summed E-state index contributed by atoms with van der Waals surface area (Å²) in [6, 6.07) is 13.2. The first-order valence-electron chi connectivity index (χ1n) is 9.63. The lowest BCUT2D eigenvalue weighted by molar-refractivity contribution is -0.128. The number of halogens is 1. The maximum absolute atomic E-state index is 12.4. The van der Waals surface area contributed by atoms with Crippen molar-refractivity contribution in [3.05, 3.63) is 53.7 Å². The lowest BCUT2D eigenvalue weighted by atomic mass is 10.2. The molecule has 1 fully saturated rings. The molecular formula is C21H27ClN4O2. The second-order valence-corrected chi connectivity index (χ2v) is 7.48. The van der Waals surface area contributed by atoms with Crippen LogP contribution in [0.4, 0.5) is 5.82 Å². The lowest BCUT2D eigenvalue weighted by Gasteiger charge is -2.36. The molecular weight excluding hydrogens is 376 g/mol. The van der Waals surface area contributed by atoms with Crippen LogP contribution in [-0.2, 0) is 4.79 Å². The van der Waals surface area contributed by atoms with E-state index in [0.717, 1.165) is 38.5 Å². The van der Waals surface area contributed by atoms with Crippen LogP contribution in [0.1, 0.15) is 13.8 Å². The molecule has 1 aromatic heterocycles. The number of aromatic nitrogens is 1. The van der Waals surface area contributed by atoms with Gasteiger partial charge < -0.3 is 15.0 Å². The number of benzene rings is 1. The number of ether oxygens (including phenoxy) is 1. The molecule has 3 rings (SSSR count). The Morgan fingerprint density at radius 3 is 2.54 bits per heavy atom. The Morgan fingerprint density at radius 1 is 1.14 bits per heavy atom. The van der Waals surface area contributed by atoms with E-state index in [9.17, 15) is 4.79 Å². The first-order chi connectivity index (χ1) is 13.5. The summed E-state index contributed by atoms with van der Waals surface area (Å²) >= 11 is 6.09. The molecule has 2 atom stereocenters. The molecule has 1 aromatic carbocycles. The van der Waals surface area contributed by atoms with Crippen molar-refractivity contribution in [1.82, 2.24) is 15.2 Å². The molecule has 0 spiro atoms. The van der Waals surface area contributed by atoms with Gasteiger partial charge in [0.25, 0.3) is 5.91 Å². The Balaban J connectivity index is 1.42. The molecule has 0 bridgehead atoms. The summed E-state index contributed by atoms with van der Waals surface area (Å²) in [5, 5.41) is 3.54. The molecule has 2 heterocycles. The number of nitrogens with zero attached hydrogens (tertiary/aromatic N) is 3. The van der Waals surface area contributed by atoms with Gasteiger partial charge in [-0.05, 0) is 38.1 Å². The summed E-state index contributed by atoms with van der Waals surface area (Å²) < 4.78 is 5.69. The molecule has 6 nitrogen and oxygen atoms in total. The number of anilines is 1. The normalized spacial score (nSPS) is 17.0. The molecule has 1 aliphatic heterocycles. The van der Waals surface area contributed by atoms with Crippen LogP contribution in [0.5, 0.6) is 5.75 Å². The van der Waals surface area contributed by atoms with Crippen molar-refractivity contribution < 1.29 is 9.53 Å². The zero-order chi connectivity index (χ0) is 19.9. The fourth-order valence-electron chi connectivity index (χ4n) is 3.28. The Kier molecular flexibility index (Phi) is 7.12. The fourth-order valence-corrected chi connectivity index (χ4v) is 3.46. The van der Waals surface area contributed by atoms with Gasteiger partial charge in [0.15, 0.2) is 6.10 Å². The summed E-state index contributed by atoms with van der Waals surface area (Å²) in [5.74, 6) is 1.40. The van der Waals surface area contributed by atoms with E-state index in [1.165, 1.54) is 0 Å². The van der Waals surface area contributed by atoms with Crippen molar-refractivity contribution in [3.8, 4) is 5.75 Å². The van der Waals surface area contributed by atoms with Crippen molar-refractivity contribution in [2.24, 2.45) is 0 Å². The average Bonchev–Trinajstić information content (AvgIpc) is 2.71. The smallest absolute Gasteiger partial charge is 0.261 e. The minimum Gasteiger partial charge on any atom is -0.479 e. The molecule has 2 unspecified atom stereocenters. The molecule has 1 saturated heterocycles. The van der Waals surface area contributed by atoms with E-state index < -0.39 is 6.10 Å². The van der Waals surface area contributed by atoms with E-state index in [1.807, 2.05) is 43.5 Å². The van der Waals surface area contributed by atoms with Crippen molar-refractivity contribution in [2.45, 2.75) is 26.0 Å². The number of pyridine rings is 1. The van der Waals surface area contributed by atoms with Gasteiger partial charge in [-0.3, -0.25) is 9.69 Å². The minimum atomic E-state index is -0.608. The molecule has 0 radical (unpaired) electrons. The Labute approximate surface area is 171 Å². The molecule has 7 heteroatoms. The Hall–Kier alpha value is -2.31. The van der Waals surface area contributed by atoms with Crippen molar-refractivity contribution in [3.63, 3.8) is 0 Å². The van der Waals surface area contributed by atoms with Crippen LogP contribution in [-0.4, -0.2) is 60.7 Å². The average molecular weight is 403 g/mol. The second kappa shape index (κ2) is 9.75. The molecule has 150 valence electrons. The maximum atomic E-state index is 12.4. The highest BCUT2D eigenvalue weighted by molar-refractivity contribution is 6.32. The molecule has 2 aromatic rings. The number of nitrogens with one attached hydrogen (secondary N) is 1. The third-order valence-corrected chi connectivity index (χ3v) is 5.09. The molecule has 1 N–H and O–H groups in total. The first kappa shape index (κ1) is 20.4. The van der Waals surface area contributed by atoms with Gasteiger partial charge in [-0.1, -0.05) is 29.8 Å². The van der Waals surface area contributed by atoms with E-state index in [2.05, 4.69) is 20.1 Å². The topological polar surface area (TPSA) is 57.7 Å². The fraction of sp³-hybridized carbons (Fsp3) is 0.429. The summed E-state index contributed by atoms with van der Waals surface area (Å²) in [7, 11) is 0. The number of hydrogen-bond donors (Lipinski definition) is 1. The number of para-hydroxylation sites is 1. The largest absolute Gasteiger partial charge is 0.479 e. The zero-order valence-corrected chi connectivity index (χ0v) is 17.1. The number of rotatable bonds is 7. The van der Waals surface area contributed by atoms with E-state index in [-0.39, 0.29) is 11.9 Å². The number of carbonyl (C=O) groups excluding carboxylic acids is 1. The maximum Gasteiger partial charge on any atom is 0.261 e. The molecule has 0 aliphatic carbocycles. The standard InChI is InChI=1S/C21H27ClN4O2/c1-16(24-21(27)17(2)28-19-8-4-3-7-18(19)22)15-25-11-13-26(14-12-25)20-9-5-6-10-23-20/h3-10,16-17H,11-15H2,1-2H3,(H,24,27). The second-order valence-electron chi connectivity index (χ2n) is 7.08. The van der Waals surface area contributed by atoms with Gasteiger partial charge in [-0.25, -0.2) is 4.98 Å². The Morgan fingerprint density at radius 2 is 1.86 bits per heavy atom. The van der Waals surface area contributed by atoms with Crippen LogP contribution >= 0.6 is 11.6 Å². The van der Waals surface area contributed by atoms with Crippen molar-refractivity contribution in [1.29, 1.82) is 0 Å². The van der Waals surface area contributed by atoms with E-state index in [4.69, 9.17) is 16.3 Å². The predicted molar refractivity (Wildman–Crippen MR) is 112 cm³/mol. The lowest BCUT2D eigenvalue weighted by Crippen LogP contribution is -2.52. The monoisotopic (exact) mass is 402 g/mol. The van der Waals surface area contributed by atoms with Crippen LogP contribution in [0, 0.1) is 0 Å². The van der Waals surface area contributed by atoms with Gasteiger partial charge in [0.1, 0.15) is 11.6 Å². The van der Waals surface area contributed by atoms with Crippen LogP contribution < -0.4 is 15.0 Å². The Bertz CT molecular complexity index is 766. The number of piperazine rings is 1. The highest BCUT2D eigenvalue weighted by Gasteiger charge is 2.22. The molecule has 28 heavy (non-hydrogen) atoms. The molecule has 1 aliphatic rings. The SMILES string of the molecule is CC(CN1CCN(c2ccccn2)CC1)NC(=O)C(C)Oc1ccccc1Cl. The van der Waals surface area contributed by atoms with Crippen molar-refractivity contribution in [2.75, 3.05) is 37.6 Å². The summed E-state index contributed by atoms with van der Waals surface area (Å²) in [6.07, 6.45) is 1.22.